The summed E-state index contributed by atoms with van der Waals surface area (Å²) in [7, 11) is 0. The lowest BCUT2D eigenvalue weighted by Crippen LogP contribution is -1.90. The first kappa shape index (κ1) is 20.3. The fraction of sp³-hybridized carbons (Fsp3) is 0.217. The van der Waals surface area contributed by atoms with Crippen molar-refractivity contribution in [2.24, 2.45) is 0 Å². The van der Waals surface area contributed by atoms with Gasteiger partial charge in [0.05, 0.1) is 16.7 Å². The van der Waals surface area contributed by atoms with E-state index in [1.165, 1.54) is 23.3 Å². The molecule has 6 heteroatoms. The summed E-state index contributed by atoms with van der Waals surface area (Å²) < 4.78 is 0. The number of aromatic amines is 1. The van der Waals surface area contributed by atoms with Gasteiger partial charge in [0.2, 0.25) is 0 Å². The second-order valence-corrected chi connectivity index (χ2v) is 9.33. The zero-order chi connectivity index (χ0) is 19.9. The van der Waals surface area contributed by atoms with Crippen LogP contribution in [0.25, 0.3) is 11.0 Å². The maximum atomic E-state index is 5.94. The summed E-state index contributed by atoms with van der Waals surface area (Å²) in [4.78, 5) is 13.8. The third-order valence-corrected chi connectivity index (χ3v) is 6.79. The van der Waals surface area contributed by atoms with Crippen LogP contribution in [0.1, 0.15) is 24.1 Å². The molecule has 0 radical (unpaired) electrons. The number of unbranched alkanes of at least 4 members (excludes halogenated alkanes) is 1. The number of imidazole rings is 1. The number of rotatable bonds is 9. The number of benzene rings is 2. The average molecular weight is 440 g/mol. The van der Waals surface area contributed by atoms with E-state index in [9.17, 15) is 0 Å². The summed E-state index contributed by atoms with van der Waals surface area (Å²) in [6.45, 7) is 0. The van der Waals surface area contributed by atoms with Gasteiger partial charge in [0.25, 0.3) is 0 Å². The van der Waals surface area contributed by atoms with Crippen LogP contribution in [0.4, 0.5) is 0 Å². The Morgan fingerprint density at radius 3 is 2.66 bits per heavy atom. The van der Waals surface area contributed by atoms with Gasteiger partial charge in [0.1, 0.15) is 0 Å². The van der Waals surface area contributed by atoms with E-state index in [4.69, 9.17) is 11.6 Å². The molecule has 0 unspecified atom stereocenters. The number of H-pyrrole nitrogens is 1. The summed E-state index contributed by atoms with van der Waals surface area (Å²) in [5.74, 6) is 1.93. The largest absolute Gasteiger partial charge is 0.333 e. The number of aromatic nitrogens is 3. The predicted molar refractivity (Wildman–Crippen MR) is 125 cm³/mol. The third-order valence-electron chi connectivity index (χ3n) is 4.55. The van der Waals surface area contributed by atoms with Crippen LogP contribution in [-0.4, -0.2) is 20.7 Å². The maximum absolute atomic E-state index is 5.94. The molecule has 148 valence electrons. The highest BCUT2D eigenvalue weighted by atomic mass is 35.5. The summed E-state index contributed by atoms with van der Waals surface area (Å²) in [6.07, 6.45) is 5.39. The van der Waals surface area contributed by atoms with E-state index in [1.54, 1.807) is 11.8 Å². The molecule has 0 aliphatic rings. The van der Waals surface area contributed by atoms with Gasteiger partial charge in [-0.2, -0.15) is 0 Å². The van der Waals surface area contributed by atoms with E-state index in [0.29, 0.717) is 0 Å². The number of thioether (sulfide) groups is 2. The molecule has 0 saturated heterocycles. The Morgan fingerprint density at radius 1 is 0.931 bits per heavy atom. The molecule has 29 heavy (non-hydrogen) atoms. The standard InChI is InChI=1S/C23H22ClN3S2/c24-18-10-8-17(9-11-18)5-3-4-14-28-20-12-13-25-19(15-20)16-29-23-26-21-6-1-2-7-22(21)27-23/h1-2,6-13,15H,3-5,14,16H2,(H,26,27). The van der Waals surface area contributed by atoms with E-state index >= 15 is 0 Å². The summed E-state index contributed by atoms with van der Waals surface area (Å²) in [5, 5.41) is 1.74. The molecule has 3 nitrogen and oxygen atoms in total. The first-order valence-electron chi connectivity index (χ1n) is 9.66. The number of aryl methyl sites for hydroxylation is 1. The van der Waals surface area contributed by atoms with Crippen molar-refractivity contribution < 1.29 is 0 Å². The van der Waals surface area contributed by atoms with E-state index in [1.807, 2.05) is 48.3 Å². The highest BCUT2D eigenvalue weighted by Crippen LogP contribution is 2.25. The van der Waals surface area contributed by atoms with Crippen molar-refractivity contribution in [2.75, 3.05) is 5.75 Å². The van der Waals surface area contributed by atoms with E-state index < -0.39 is 0 Å². The van der Waals surface area contributed by atoms with Crippen LogP contribution in [0.5, 0.6) is 0 Å². The van der Waals surface area contributed by atoms with Gasteiger partial charge in [0.15, 0.2) is 5.16 Å². The van der Waals surface area contributed by atoms with Crippen LogP contribution in [-0.2, 0) is 12.2 Å². The zero-order valence-corrected chi connectivity index (χ0v) is 18.4. The molecule has 1 N–H and O–H groups in total. The van der Waals surface area contributed by atoms with Gasteiger partial charge in [-0.15, -0.1) is 11.8 Å². The number of para-hydroxylation sites is 2. The summed E-state index contributed by atoms with van der Waals surface area (Å²) in [5.41, 5.74) is 4.52. The molecule has 0 spiro atoms. The van der Waals surface area contributed by atoms with Crippen LogP contribution < -0.4 is 0 Å². The van der Waals surface area contributed by atoms with Crippen molar-refractivity contribution in [1.82, 2.24) is 15.0 Å². The van der Waals surface area contributed by atoms with Crippen molar-refractivity contribution in [2.45, 2.75) is 35.1 Å². The molecule has 0 bridgehead atoms. The van der Waals surface area contributed by atoms with Crippen LogP contribution in [0.2, 0.25) is 5.02 Å². The van der Waals surface area contributed by atoms with Gasteiger partial charge in [-0.3, -0.25) is 4.98 Å². The summed E-state index contributed by atoms with van der Waals surface area (Å²) >= 11 is 9.53. The average Bonchev–Trinajstić information content (AvgIpc) is 3.17. The minimum atomic E-state index is 0.802. The maximum Gasteiger partial charge on any atom is 0.166 e. The second kappa shape index (κ2) is 10.2. The van der Waals surface area contributed by atoms with E-state index in [2.05, 4.69) is 45.3 Å². The normalized spacial score (nSPS) is 11.2. The number of hydrogen-bond donors (Lipinski definition) is 1. The van der Waals surface area contributed by atoms with Gasteiger partial charge in [-0.1, -0.05) is 47.6 Å². The number of pyridine rings is 1. The van der Waals surface area contributed by atoms with Crippen molar-refractivity contribution in [3.63, 3.8) is 0 Å². The van der Waals surface area contributed by atoms with Crippen LogP contribution in [0.15, 0.2) is 76.9 Å². The summed E-state index contributed by atoms with van der Waals surface area (Å²) in [6, 6.07) is 20.6. The Bertz CT molecular complexity index is 1030. The predicted octanol–water partition coefficient (Wildman–Crippen LogP) is 7.02. The topological polar surface area (TPSA) is 41.6 Å². The quantitative estimate of drug-likeness (QED) is 0.225. The second-order valence-electron chi connectivity index (χ2n) is 6.76. The zero-order valence-electron chi connectivity index (χ0n) is 16.0. The van der Waals surface area contributed by atoms with E-state index in [0.717, 1.165) is 44.8 Å². The van der Waals surface area contributed by atoms with Crippen molar-refractivity contribution in [3.8, 4) is 0 Å². The number of halogens is 1. The minimum absolute atomic E-state index is 0.802. The van der Waals surface area contributed by atoms with Crippen LogP contribution in [0.3, 0.4) is 0 Å². The lowest BCUT2D eigenvalue weighted by atomic mass is 10.1. The SMILES string of the molecule is Clc1ccc(CCCCSc2ccnc(CSc3nc4ccccc4[nH]3)c2)cc1. The molecule has 0 aliphatic heterocycles. The van der Waals surface area contributed by atoms with Gasteiger partial charge in [-0.25, -0.2) is 4.98 Å². The molecule has 0 saturated carbocycles. The van der Waals surface area contributed by atoms with Gasteiger partial charge in [-0.05, 0) is 67.0 Å². The molecular formula is C23H22ClN3S2. The molecule has 2 aromatic heterocycles. The first-order chi connectivity index (χ1) is 14.3. The molecule has 2 heterocycles. The van der Waals surface area contributed by atoms with Crippen molar-refractivity contribution in [1.29, 1.82) is 0 Å². The Morgan fingerprint density at radius 2 is 1.79 bits per heavy atom. The smallest absolute Gasteiger partial charge is 0.166 e. The molecule has 4 rings (SSSR count). The number of hydrogen-bond acceptors (Lipinski definition) is 4. The Balaban J connectivity index is 1.22. The number of nitrogens with one attached hydrogen (secondary N) is 1. The van der Waals surface area contributed by atoms with Crippen molar-refractivity contribution >= 4 is 46.2 Å². The lowest BCUT2D eigenvalue weighted by molar-refractivity contribution is 0.802. The minimum Gasteiger partial charge on any atom is -0.333 e. The van der Waals surface area contributed by atoms with Gasteiger partial charge >= 0.3 is 0 Å². The Labute approximate surface area is 184 Å². The molecule has 2 aromatic carbocycles. The molecule has 0 aliphatic carbocycles. The number of nitrogens with zero attached hydrogens (tertiary/aromatic N) is 2. The molecule has 0 fully saturated rings. The molecule has 0 amide bonds. The Kier molecular flexibility index (Phi) is 7.14. The third kappa shape index (κ3) is 6.01. The lowest BCUT2D eigenvalue weighted by Gasteiger charge is -2.05. The fourth-order valence-corrected chi connectivity index (χ4v) is 4.91. The fourth-order valence-electron chi connectivity index (χ4n) is 3.04. The molecule has 4 aromatic rings. The molecule has 0 atom stereocenters. The van der Waals surface area contributed by atoms with Crippen LogP contribution >= 0.6 is 35.1 Å². The monoisotopic (exact) mass is 439 g/mol. The Hall–Kier alpha value is -1.95. The highest BCUT2D eigenvalue weighted by molar-refractivity contribution is 7.99. The first-order valence-corrected chi connectivity index (χ1v) is 12.0. The van der Waals surface area contributed by atoms with E-state index in [-0.39, 0.29) is 0 Å². The van der Waals surface area contributed by atoms with Gasteiger partial charge in [0, 0.05) is 21.9 Å². The highest BCUT2D eigenvalue weighted by Gasteiger charge is 2.05. The molecular weight excluding hydrogens is 418 g/mol. The van der Waals surface area contributed by atoms with Crippen LogP contribution in [0, 0.1) is 0 Å². The number of fused-ring (bicyclic) bond motifs is 1. The van der Waals surface area contributed by atoms with Gasteiger partial charge < -0.3 is 4.98 Å². The van der Waals surface area contributed by atoms with Crippen molar-refractivity contribution in [3.05, 3.63) is 83.1 Å².